The Bertz CT molecular complexity index is 1260. The van der Waals surface area contributed by atoms with Crippen molar-refractivity contribution in [2.24, 2.45) is 0 Å². The van der Waals surface area contributed by atoms with E-state index in [9.17, 15) is 9.59 Å². The van der Waals surface area contributed by atoms with Crippen LogP contribution in [0.15, 0.2) is 59.1 Å². The van der Waals surface area contributed by atoms with Crippen molar-refractivity contribution >= 4 is 50.6 Å². The van der Waals surface area contributed by atoms with E-state index in [0.717, 1.165) is 16.8 Å². The summed E-state index contributed by atoms with van der Waals surface area (Å²) in [4.78, 5) is 24.0. The summed E-state index contributed by atoms with van der Waals surface area (Å²) in [7, 11) is 0. The van der Waals surface area contributed by atoms with Gasteiger partial charge in [0, 0.05) is 38.3 Å². The van der Waals surface area contributed by atoms with Crippen LogP contribution in [-0.2, 0) is 4.79 Å². The average molecular weight is 451 g/mol. The van der Waals surface area contributed by atoms with Gasteiger partial charge in [-0.3, -0.25) is 14.2 Å². The van der Waals surface area contributed by atoms with Gasteiger partial charge >= 0.3 is 0 Å². The summed E-state index contributed by atoms with van der Waals surface area (Å²) >= 11 is 3.04. The molecule has 0 bridgehead atoms. The Balaban J connectivity index is 1.52. The molecule has 1 amide bonds. The average Bonchev–Trinajstić information content (AvgIpc) is 3.36. The van der Waals surface area contributed by atoms with Gasteiger partial charge in [-0.05, 0) is 39.0 Å². The molecule has 0 saturated heterocycles. The van der Waals surface area contributed by atoms with Gasteiger partial charge in [0.2, 0.25) is 5.91 Å². The van der Waals surface area contributed by atoms with Crippen LogP contribution >= 0.6 is 23.1 Å². The zero-order valence-electron chi connectivity index (χ0n) is 17.5. The van der Waals surface area contributed by atoms with Gasteiger partial charge in [0.1, 0.15) is 0 Å². The lowest BCUT2D eigenvalue weighted by atomic mass is 10.1. The fraction of sp³-hybridized carbons (Fsp3) is 0.217. The number of Topliss-reactive ketones (excluding diaryl/α,β-unsaturated/α-hetero) is 1. The normalized spacial score (nSPS) is 11.2. The Morgan fingerprint density at radius 2 is 1.94 bits per heavy atom. The van der Waals surface area contributed by atoms with Crippen LogP contribution in [0.3, 0.4) is 0 Å². The number of aromatic nitrogens is 3. The molecule has 0 aliphatic rings. The zero-order chi connectivity index (χ0) is 22.0. The molecule has 1 N–H and O–H groups in total. The van der Waals surface area contributed by atoms with E-state index in [4.69, 9.17) is 0 Å². The number of ketones is 1. The number of nitrogens with one attached hydrogen (secondary N) is 1. The molecule has 2 heterocycles. The number of hydrogen-bond donors (Lipinski definition) is 1. The second kappa shape index (κ2) is 9.03. The van der Waals surface area contributed by atoms with E-state index in [2.05, 4.69) is 51.4 Å². The molecule has 4 rings (SSSR count). The highest BCUT2D eigenvalue weighted by Gasteiger charge is 2.20. The molecule has 0 aliphatic heterocycles. The molecule has 0 aliphatic carbocycles. The van der Waals surface area contributed by atoms with E-state index in [-0.39, 0.29) is 23.5 Å². The number of hydrogen-bond acceptors (Lipinski definition) is 6. The van der Waals surface area contributed by atoms with Crippen LogP contribution < -0.4 is 5.32 Å². The summed E-state index contributed by atoms with van der Waals surface area (Å²) in [5.41, 5.74) is 2.23. The lowest BCUT2D eigenvalue weighted by Crippen LogP contribution is -2.15. The number of thiophene rings is 1. The van der Waals surface area contributed by atoms with Gasteiger partial charge in [-0.15, -0.1) is 21.5 Å². The summed E-state index contributed by atoms with van der Waals surface area (Å²) in [5.74, 6) is 0.805. The number of benzene rings is 2. The number of anilines is 1. The van der Waals surface area contributed by atoms with Crippen molar-refractivity contribution in [3.8, 4) is 11.4 Å². The predicted molar refractivity (Wildman–Crippen MR) is 127 cm³/mol. The highest BCUT2D eigenvalue weighted by Crippen LogP contribution is 2.35. The fourth-order valence-corrected chi connectivity index (χ4v) is 5.13. The van der Waals surface area contributed by atoms with Crippen LogP contribution in [0.1, 0.15) is 37.2 Å². The first-order valence-corrected chi connectivity index (χ1v) is 11.8. The van der Waals surface area contributed by atoms with E-state index in [1.54, 1.807) is 35.6 Å². The summed E-state index contributed by atoms with van der Waals surface area (Å²) in [6, 6.07) is 15.3. The third-order valence-electron chi connectivity index (χ3n) is 4.79. The van der Waals surface area contributed by atoms with Crippen LogP contribution in [0.2, 0.25) is 0 Å². The van der Waals surface area contributed by atoms with E-state index in [1.807, 2.05) is 12.1 Å². The van der Waals surface area contributed by atoms with Crippen molar-refractivity contribution in [1.82, 2.24) is 14.8 Å². The third-order valence-corrected chi connectivity index (χ3v) is 6.69. The minimum absolute atomic E-state index is 0.0380. The fourth-order valence-electron chi connectivity index (χ4n) is 3.32. The first-order chi connectivity index (χ1) is 14.9. The number of fused-ring (bicyclic) bond motifs is 1. The predicted octanol–water partition coefficient (Wildman–Crippen LogP) is 5.67. The van der Waals surface area contributed by atoms with Gasteiger partial charge < -0.3 is 5.32 Å². The third kappa shape index (κ3) is 4.55. The maximum absolute atomic E-state index is 12.5. The van der Waals surface area contributed by atoms with Crippen LogP contribution in [0.25, 0.3) is 21.5 Å². The van der Waals surface area contributed by atoms with E-state index in [1.165, 1.54) is 23.4 Å². The van der Waals surface area contributed by atoms with Crippen LogP contribution in [0.4, 0.5) is 5.69 Å². The van der Waals surface area contributed by atoms with Crippen molar-refractivity contribution in [2.75, 3.05) is 11.1 Å². The Morgan fingerprint density at radius 3 is 2.71 bits per heavy atom. The molecule has 31 heavy (non-hydrogen) atoms. The highest BCUT2D eigenvalue weighted by molar-refractivity contribution is 7.99. The van der Waals surface area contributed by atoms with Crippen molar-refractivity contribution < 1.29 is 9.59 Å². The van der Waals surface area contributed by atoms with Crippen LogP contribution in [0.5, 0.6) is 0 Å². The number of nitrogens with zero attached hydrogens (tertiary/aromatic N) is 3. The molecule has 2 aromatic heterocycles. The summed E-state index contributed by atoms with van der Waals surface area (Å²) in [5, 5.41) is 15.6. The molecule has 0 saturated carbocycles. The molecule has 4 aromatic rings. The number of amides is 1. The Morgan fingerprint density at radius 1 is 1.13 bits per heavy atom. The Kier molecular flexibility index (Phi) is 6.20. The summed E-state index contributed by atoms with van der Waals surface area (Å²) in [6.07, 6.45) is 0. The van der Waals surface area contributed by atoms with Crippen molar-refractivity contribution in [1.29, 1.82) is 0 Å². The smallest absolute Gasteiger partial charge is 0.234 e. The van der Waals surface area contributed by atoms with Gasteiger partial charge in [-0.25, -0.2) is 0 Å². The zero-order valence-corrected chi connectivity index (χ0v) is 19.1. The SMILES string of the molecule is CC(=O)c1cccc(NC(=O)CSc2nnc(-c3csc4ccccc34)n2C(C)C)c1. The largest absolute Gasteiger partial charge is 0.325 e. The van der Waals surface area contributed by atoms with Gasteiger partial charge in [0.25, 0.3) is 0 Å². The van der Waals surface area contributed by atoms with E-state index >= 15 is 0 Å². The van der Waals surface area contributed by atoms with E-state index in [0.29, 0.717) is 16.4 Å². The monoisotopic (exact) mass is 450 g/mol. The lowest BCUT2D eigenvalue weighted by molar-refractivity contribution is -0.113. The van der Waals surface area contributed by atoms with Crippen molar-refractivity contribution in [3.05, 3.63) is 59.5 Å². The molecule has 0 spiro atoms. The molecule has 0 atom stereocenters. The van der Waals surface area contributed by atoms with Gasteiger partial charge in [-0.2, -0.15) is 0 Å². The minimum Gasteiger partial charge on any atom is -0.325 e. The molecular formula is C23H22N4O2S2. The number of carbonyl (C=O) groups is 2. The quantitative estimate of drug-likeness (QED) is 0.290. The second-order valence-electron chi connectivity index (χ2n) is 7.39. The lowest BCUT2D eigenvalue weighted by Gasteiger charge is -2.13. The standard InChI is InChI=1S/C23H22N4O2S2/c1-14(2)27-22(19-12-30-20-10-5-4-9-18(19)20)25-26-23(27)31-13-21(29)24-17-8-6-7-16(11-17)15(3)28/h4-12,14H,13H2,1-3H3,(H,24,29). The summed E-state index contributed by atoms with van der Waals surface area (Å²) < 4.78 is 3.28. The van der Waals surface area contributed by atoms with E-state index < -0.39 is 0 Å². The maximum Gasteiger partial charge on any atom is 0.234 e. The van der Waals surface area contributed by atoms with Gasteiger partial charge in [-0.1, -0.05) is 42.1 Å². The maximum atomic E-state index is 12.5. The second-order valence-corrected chi connectivity index (χ2v) is 9.24. The summed E-state index contributed by atoms with van der Waals surface area (Å²) in [6.45, 7) is 5.67. The molecule has 0 radical (unpaired) electrons. The first kappa shape index (κ1) is 21.3. The Labute approximate surface area is 188 Å². The first-order valence-electron chi connectivity index (χ1n) is 9.89. The molecule has 8 heteroatoms. The molecule has 0 unspecified atom stereocenters. The number of thioether (sulfide) groups is 1. The minimum atomic E-state index is -0.161. The Hall–Kier alpha value is -2.97. The van der Waals surface area contributed by atoms with Gasteiger partial charge in [0.05, 0.1) is 5.75 Å². The number of rotatable bonds is 7. The van der Waals surface area contributed by atoms with Crippen molar-refractivity contribution in [3.63, 3.8) is 0 Å². The van der Waals surface area contributed by atoms with Crippen LogP contribution in [-0.4, -0.2) is 32.2 Å². The molecule has 2 aromatic carbocycles. The molecule has 0 fully saturated rings. The number of carbonyl (C=O) groups excluding carboxylic acids is 2. The highest BCUT2D eigenvalue weighted by atomic mass is 32.2. The molecular weight excluding hydrogens is 428 g/mol. The van der Waals surface area contributed by atoms with Gasteiger partial charge in [0.15, 0.2) is 16.8 Å². The van der Waals surface area contributed by atoms with Crippen LogP contribution in [0, 0.1) is 0 Å². The molecule has 6 nitrogen and oxygen atoms in total. The topological polar surface area (TPSA) is 76.9 Å². The van der Waals surface area contributed by atoms with Crippen molar-refractivity contribution in [2.45, 2.75) is 32.0 Å². The molecule has 158 valence electrons.